The van der Waals surface area contributed by atoms with Gasteiger partial charge in [0.1, 0.15) is 17.2 Å². The van der Waals surface area contributed by atoms with Crippen LogP contribution in [0.5, 0.6) is 11.5 Å². The topological polar surface area (TPSA) is 42.4 Å². The van der Waals surface area contributed by atoms with Gasteiger partial charge in [0, 0.05) is 30.8 Å². The van der Waals surface area contributed by atoms with Gasteiger partial charge in [-0.05, 0) is 30.3 Å². The zero-order valence-electron chi connectivity index (χ0n) is 10.6. The predicted molar refractivity (Wildman–Crippen MR) is 76.5 cm³/mol. The highest BCUT2D eigenvalue weighted by Gasteiger charge is 2.10. The Labute approximate surface area is 120 Å². The Bertz CT molecular complexity index is 582. The van der Waals surface area contributed by atoms with Crippen LogP contribution < -0.4 is 4.74 Å². The number of benzene rings is 1. The molecule has 0 atom stereocenters. The molecule has 1 heterocycles. The van der Waals surface area contributed by atoms with Crippen molar-refractivity contribution in [2.75, 3.05) is 14.1 Å². The van der Waals surface area contributed by atoms with Gasteiger partial charge in [-0.1, -0.05) is 15.9 Å². The van der Waals surface area contributed by atoms with Gasteiger partial charge in [0.05, 0.1) is 0 Å². The molecule has 5 heteroatoms. The number of halogens is 1. The number of hydrogen-bond acceptors (Lipinski definition) is 3. The maximum Gasteiger partial charge on any atom is 0.272 e. The normalized spacial score (nSPS) is 10.1. The second-order valence-electron chi connectivity index (χ2n) is 4.13. The first-order chi connectivity index (χ1) is 9.06. The molecule has 4 nitrogen and oxygen atoms in total. The Balaban J connectivity index is 2.19. The van der Waals surface area contributed by atoms with Gasteiger partial charge in [-0.15, -0.1) is 0 Å². The second-order valence-corrected chi connectivity index (χ2v) is 5.05. The first-order valence-electron chi connectivity index (χ1n) is 5.67. The first kappa shape index (κ1) is 13.5. The maximum atomic E-state index is 11.8. The molecule has 0 bridgehead atoms. The first-order valence-corrected chi connectivity index (χ1v) is 6.46. The van der Waals surface area contributed by atoms with E-state index in [0.717, 1.165) is 4.47 Å². The molecular weight excluding hydrogens is 308 g/mol. The Hall–Kier alpha value is -1.88. The number of pyridine rings is 1. The van der Waals surface area contributed by atoms with E-state index < -0.39 is 0 Å². The SMILES string of the molecule is CN(C)C(=O)c1cc(Oc2ccc(Br)cc2)ccn1. The molecule has 19 heavy (non-hydrogen) atoms. The van der Waals surface area contributed by atoms with Crippen LogP contribution in [0, 0.1) is 0 Å². The van der Waals surface area contributed by atoms with Gasteiger partial charge in [-0.2, -0.15) is 0 Å². The number of amides is 1. The van der Waals surface area contributed by atoms with Crippen LogP contribution in [0.15, 0.2) is 47.1 Å². The molecule has 0 fully saturated rings. The quantitative estimate of drug-likeness (QED) is 0.871. The fourth-order valence-corrected chi connectivity index (χ4v) is 1.72. The second kappa shape index (κ2) is 5.84. The average molecular weight is 321 g/mol. The third-order valence-corrected chi connectivity index (χ3v) is 2.93. The van der Waals surface area contributed by atoms with Crippen LogP contribution in [0.1, 0.15) is 10.5 Å². The van der Waals surface area contributed by atoms with Crippen LogP contribution in [-0.2, 0) is 0 Å². The van der Waals surface area contributed by atoms with E-state index in [9.17, 15) is 4.79 Å². The molecule has 1 aromatic carbocycles. The van der Waals surface area contributed by atoms with E-state index in [1.807, 2.05) is 24.3 Å². The lowest BCUT2D eigenvalue weighted by Gasteiger charge is -2.10. The number of hydrogen-bond donors (Lipinski definition) is 0. The summed E-state index contributed by atoms with van der Waals surface area (Å²) in [5.41, 5.74) is 0.361. The lowest BCUT2D eigenvalue weighted by molar-refractivity contribution is 0.0821. The van der Waals surface area contributed by atoms with Crippen molar-refractivity contribution in [1.29, 1.82) is 0 Å². The van der Waals surface area contributed by atoms with E-state index in [2.05, 4.69) is 20.9 Å². The van der Waals surface area contributed by atoms with Crippen molar-refractivity contribution in [1.82, 2.24) is 9.88 Å². The summed E-state index contributed by atoms with van der Waals surface area (Å²) >= 11 is 3.36. The highest BCUT2D eigenvalue weighted by molar-refractivity contribution is 9.10. The Morgan fingerprint density at radius 2 is 1.84 bits per heavy atom. The Kier molecular flexibility index (Phi) is 4.16. The van der Waals surface area contributed by atoms with E-state index >= 15 is 0 Å². The minimum atomic E-state index is -0.152. The summed E-state index contributed by atoms with van der Waals surface area (Å²) in [5, 5.41) is 0. The molecule has 1 aromatic heterocycles. The molecular formula is C14H13BrN2O2. The molecule has 98 valence electrons. The number of ether oxygens (including phenoxy) is 1. The van der Waals surface area contributed by atoms with Gasteiger partial charge < -0.3 is 9.64 Å². The van der Waals surface area contributed by atoms with Crippen LogP contribution in [0.4, 0.5) is 0 Å². The highest BCUT2D eigenvalue weighted by Crippen LogP contribution is 2.23. The fraction of sp³-hybridized carbons (Fsp3) is 0.143. The monoisotopic (exact) mass is 320 g/mol. The van der Waals surface area contributed by atoms with Crippen LogP contribution in [0.3, 0.4) is 0 Å². The van der Waals surface area contributed by atoms with Gasteiger partial charge in [0.15, 0.2) is 0 Å². The summed E-state index contributed by atoms with van der Waals surface area (Å²) in [4.78, 5) is 17.3. The van der Waals surface area contributed by atoms with Gasteiger partial charge in [0.25, 0.3) is 5.91 Å². The summed E-state index contributed by atoms with van der Waals surface area (Å²) < 4.78 is 6.66. The standard InChI is InChI=1S/C14H13BrN2O2/c1-17(2)14(18)13-9-12(7-8-16-13)19-11-5-3-10(15)4-6-11/h3-9H,1-2H3. The van der Waals surface area contributed by atoms with Gasteiger partial charge in [-0.3, -0.25) is 9.78 Å². The van der Waals surface area contributed by atoms with Crippen LogP contribution >= 0.6 is 15.9 Å². The van der Waals surface area contributed by atoms with E-state index in [0.29, 0.717) is 17.2 Å². The lowest BCUT2D eigenvalue weighted by atomic mass is 10.3. The largest absolute Gasteiger partial charge is 0.457 e. The molecule has 0 aliphatic heterocycles. The number of nitrogens with zero attached hydrogens (tertiary/aromatic N) is 2. The molecule has 0 spiro atoms. The minimum absolute atomic E-state index is 0.152. The Morgan fingerprint density at radius 1 is 1.16 bits per heavy atom. The van der Waals surface area contributed by atoms with Gasteiger partial charge in [0.2, 0.25) is 0 Å². The van der Waals surface area contributed by atoms with Crippen molar-refractivity contribution in [3.63, 3.8) is 0 Å². The zero-order chi connectivity index (χ0) is 13.8. The van der Waals surface area contributed by atoms with Crippen molar-refractivity contribution >= 4 is 21.8 Å². The molecule has 2 aromatic rings. The summed E-state index contributed by atoms with van der Waals surface area (Å²) in [7, 11) is 3.37. The number of rotatable bonds is 3. The average Bonchev–Trinajstić information content (AvgIpc) is 2.41. The van der Waals surface area contributed by atoms with Crippen molar-refractivity contribution in [2.24, 2.45) is 0 Å². The third kappa shape index (κ3) is 3.54. The van der Waals surface area contributed by atoms with Crippen molar-refractivity contribution in [3.05, 3.63) is 52.8 Å². The van der Waals surface area contributed by atoms with Crippen molar-refractivity contribution in [2.45, 2.75) is 0 Å². The van der Waals surface area contributed by atoms with Crippen LogP contribution in [0.25, 0.3) is 0 Å². The summed E-state index contributed by atoms with van der Waals surface area (Å²) in [6, 6.07) is 10.8. The number of carbonyl (C=O) groups excluding carboxylic acids is 1. The summed E-state index contributed by atoms with van der Waals surface area (Å²) in [6.07, 6.45) is 1.56. The summed E-state index contributed by atoms with van der Waals surface area (Å²) in [6.45, 7) is 0. The third-order valence-electron chi connectivity index (χ3n) is 2.41. The molecule has 2 rings (SSSR count). The molecule has 0 saturated carbocycles. The maximum absolute atomic E-state index is 11.8. The Morgan fingerprint density at radius 3 is 2.47 bits per heavy atom. The molecule has 0 aliphatic rings. The van der Waals surface area contributed by atoms with Gasteiger partial charge in [-0.25, -0.2) is 0 Å². The fourth-order valence-electron chi connectivity index (χ4n) is 1.46. The molecule has 0 aliphatic carbocycles. The number of carbonyl (C=O) groups is 1. The van der Waals surface area contributed by atoms with Crippen molar-refractivity contribution in [3.8, 4) is 11.5 Å². The van der Waals surface area contributed by atoms with Crippen LogP contribution in [-0.4, -0.2) is 29.9 Å². The minimum Gasteiger partial charge on any atom is -0.457 e. The van der Waals surface area contributed by atoms with E-state index in [1.165, 1.54) is 4.90 Å². The van der Waals surface area contributed by atoms with E-state index in [4.69, 9.17) is 4.74 Å². The lowest BCUT2D eigenvalue weighted by Crippen LogP contribution is -2.22. The van der Waals surface area contributed by atoms with Crippen molar-refractivity contribution < 1.29 is 9.53 Å². The molecule has 0 saturated heterocycles. The van der Waals surface area contributed by atoms with Gasteiger partial charge >= 0.3 is 0 Å². The molecule has 0 unspecified atom stereocenters. The zero-order valence-corrected chi connectivity index (χ0v) is 12.2. The van der Waals surface area contributed by atoms with Crippen LogP contribution in [0.2, 0.25) is 0 Å². The summed E-state index contributed by atoms with van der Waals surface area (Å²) in [5.74, 6) is 1.14. The highest BCUT2D eigenvalue weighted by atomic mass is 79.9. The molecule has 1 amide bonds. The number of aromatic nitrogens is 1. The molecule has 0 radical (unpaired) electrons. The smallest absolute Gasteiger partial charge is 0.272 e. The molecule has 0 N–H and O–H groups in total. The predicted octanol–water partition coefficient (Wildman–Crippen LogP) is 3.34. The van der Waals surface area contributed by atoms with E-state index in [-0.39, 0.29) is 5.91 Å². The van der Waals surface area contributed by atoms with E-state index in [1.54, 1.807) is 32.4 Å².